The number of amides is 3. The van der Waals surface area contributed by atoms with Crippen LogP contribution in [-0.4, -0.2) is 33.2 Å². The van der Waals surface area contributed by atoms with Crippen molar-refractivity contribution in [2.45, 2.75) is 12.6 Å². The normalized spacial score (nSPS) is 15.3. The third-order valence-electron chi connectivity index (χ3n) is 5.14. The fraction of sp³-hybridized carbons (Fsp3) is 0.143. The van der Waals surface area contributed by atoms with Crippen LogP contribution < -0.4 is 11.5 Å². The Kier molecular flexibility index (Phi) is 5.31. The Balaban J connectivity index is 1.97. The number of halogens is 2. The third kappa shape index (κ3) is 3.69. The molecule has 4 rings (SSSR count). The minimum Gasteiger partial charge on any atom is -0.365 e. The van der Waals surface area contributed by atoms with Crippen molar-refractivity contribution >= 4 is 35.1 Å². The third-order valence-corrected chi connectivity index (χ3v) is 5.57. The first kappa shape index (κ1) is 20.7. The lowest BCUT2D eigenvalue weighted by atomic mass is 9.94. The van der Waals surface area contributed by atoms with Crippen molar-refractivity contribution in [1.29, 1.82) is 5.26 Å². The van der Waals surface area contributed by atoms with Crippen LogP contribution in [0.1, 0.15) is 33.2 Å². The number of hydrogen-bond donors (Lipinski definition) is 2. The number of nitriles is 1. The van der Waals surface area contributed by atoms with E-state index < -0.39 is 18.0 Å². The second kappa shape index (κ2) is 7.95. The zero-order valence-electron chi connectivity index (χ0n) is 16.0. The van der Waals surface area contributed by atoms with Gasteiger partial charge in [0.25, 0.3) is 5.91 Å². The highest BCUT2D eigenvalue weighted by molar-refractivity contribution is 6.35. The van der Waals surface area contributed by atoms with Crippen LogP contribution in [0.2, 0.25) is 10.0 Å². The summed E-state index contributed by atoms with van der Waals surface area (Å²) in [7, 11) is 0. The Labute approximate surface area is 187 Å². The Morgan fingerprint density at radius 1 is 1.06 bits per heavy atom. The van der Waals surface area contributed by atoms with Gasteiger partial charge < -0.3 is 16.4 Å². The van der Waals surface area contributed by atoms with E-state index in [4.69, 9.17) is 39.9 Å². The molecule has 0 bridgehead atoms. The molecule has 0 spiro atoms. The average Bonchev–Trinajstić information content (AvgIpc) is 3.12. The van der Waals surface area contributed by atoms with Crippen molar-refractivity contribution in [2.24, 2.45) is 11.5 Å². The summed E-state index contributed by atoms with van der Waals surface area (Å²) in [5, 5.41) is 14.5. The minimum absolute atomic E-state index is 0.152. The highest BCUT2D eigenvalue weighted by Crippen LogP contribution is 2.39. The molecule has 8 nitrogen and oxygen atoms in total. The molecule has 0 saturated heterocycles. The van der Waals surface area contributed by atoms with Crippen LogP contribution >= 0.6 is 23.2 Å². The summed E-state index contributed by atoms with van der Waals surface area (Å²) in [6, 6.07) is 12.2. The van der Waals surface area contributed by atoms with E-state index in [2.05, 4.69) is 11.2 Å². The van der Waals surface area contributed by atoms with E-state index >= 15 is 0 Å². The number of rotatable bonds is 3. The van der Waals surface area contributed by atoms with Gasteiger partial charge >= 0.3 is 6.03 Å². The summed E-state index contributed by atoms with van der Waals surface area (Å²) in [5.41, 5.74) is 14.0. The van der Waals surface area contributed by atoms with Crippen molar-refractivity contribution in [2.75, 3.05) is 6.54 Å². The monoisotopic (exact) mass is 454 g/mol. The number of primary amides is 2. The molecule has 1 aliphatic rings. The number of fused-ring (bicyclic) bond motifs is 1. The second-order valence-corrected chi connectivity index (χ2v) is 7.90. The fourth-order valence-corrected chi connectivity index (χ4v) is 4.38. The van der Waals surface area contributed by atoms with Gasteiger partial charge in [-0.05, 0) is 35.9 Å². The van der Waals surface area contributed by atoms with E-state index in [0.717, 1.165) is 0 Å². The van der Waals surface area contributed by atoms with Crippen LogP contribution in [0.5, 0.6) is 0 Å². The van der Waals surface area contributed by atoms with Gasteiger partial charge in [-0.3, -0.25) is 9.48 Å². The maximum absolute atomic E-state index is 12.6. The van der Waals surface area contributed by atoms with E-state index in [1.165, 1.54) is 4.90 Å². The van der Waals surface area contributed by atoms with Gasteiger partial charge in [-0.25, -0.2) is 4.79 Å². The first-order valence-electron chi connectivity index (χ1n) is 9.23. The number of carbonyl (C=O) groups is 2. The van der Waals surface area contributed by atoms with Crippen molar-refractivity contribution in [3.8, 4) is 17.3 Å². The van der Waals surface area contributed by atoms with Gasteiger partial charge in [0.1, 0.15) is 11.7 Å². The number of carbonyl (C=O) groups excluding carboxylic acids is 2. The Morgan fingerprint density at radius 3 is 2.26 bits per heavy atom. The molecule has 0 radical (unpaired) electrons. The number of benzene rings is 2. The first-order chi connectivity index (χ1) is 14.8. The van der Waals surface area contributed by atoms with Gasteiger partial charge in [0.2, 0.25) is 0 Å². The van der Waals surface area contributed by atoms with Crippen LogP contribution in [0.4, 0.5) is 4.79 Å². The van der Waals surface area contributed by atoms with Gasteiger partial charge in [0.05, 0.1) is 29.4 Å². The van der Waals surface area contributed by atoms with Crippen LogP contribution in [0.15, 0.2) is 42.5 Å². The molecule has 1 atom stereocenters. The Hall–Kier alpha value is -3.54. The minimum atomic E-state index is -0.711. The van der Waals surface area contributed by atoms with Crippen LogP contribution in [0.3, 0.4) is 0 Å². The summed E-state index contributed by atoms with van der Waals surface area (Å²) >= 11 is 12.3. The van der Waals surface area contributed by atoms with Gasteiger partial charge in [0.15, 0.2) is 0 Å². The number of nitrogens with two attached hydrogens (primary N) is 2. The molecule has 2 aromatic carbocycles. The Bertz CT molecular complexity index is 1230. The van der Waals surface area contributed by atoms with Gasteiger partial charge in [-0.1, -0.05) is 35.3 Å². The van der Waals surface area contributed by atoms with E-state index in [1.54, 1.807) is 47.1 Å². The van der Waals surface area contributed by atoms with Crippen molar-refractivity contribution in [1.82, 2.24) is 14.7 Å². The molecule has 10 heteroatoms. The number of aromatic nitrogens is 2. The molecule has 3 amide bonds. The van der Waals surface area contributed by atoms with E-state index in [-0.39, 0.29) is 12.1 Å². The first-order valence-corrected chi connectivity index (χ1v) is 9.99. The average molecular weight is 455 g/mol. The summed E-state index contributed by atoms with van der Waals surface area (Å²) in [4.78, 5) is 26.3. The number of nitrogens with zero attached hydrogens (tertiary/aromatic N) is 4. The van der Waals surface area contributed by atoms with Crippen molar-refractivity contribution in [3.05, 3.63) is 74.9 Å². The number of hydrogen-bond acceptors (Lipinski definition) is 4. The molecule has 1 aliphatic heterocycles. The maximum Gasteiger partial charge on any atom is 0.315 e. The standard InChI is InChI=1S/C21H16Cl2N6O2/c22-14-7-13(8-15(23)9-14)17-16(20(25)30)19-18(12-3-1-11(10-24)2-4-12)28(21(26)31)5-6-29(19)27-17/h1-4,7-9,18H,5-6H2,(H2,25,30)(H2,26,31). The lowest BCUT2D eigenvalue weighted by Gasteiger charge is -2.35. The van der Waals surface area contributed by atoms with Gasteiger partial charge in [-0.2, -0.15) is 10.4 Å². The molecule has 31 heavy (non-hydrogen) atoms. The molecule has 156 valence electrons. The van der Waals surface area contributed by atoms with E-state index in [9.17, 15) is 9.59 Å². The smallest absolute Gasteiger partial charge is 0.315 e. The Morgan fingerprint density at radius 2 is 1.71 bits per heavy atom. The molecule has 1 aromatic heterocycles. The molecular weight excluding hydrogens is 439 g/mol. The summed E-state index contributed by atoms with van der Waals surface area (Å²) in [6.07, 6.45) is 0. The SMILES string of the molecule is N#Cc1ccc(C2c3c(C(N)=O)c(-c4cc(Cl)cc(Cl)c4)nn3CCN2C(N)=O)cc1. The lowest BCUT2D eigenvalue weighted by Crippen LogP contribution is -2.46. The predicted octanol–water partition coefficient (Wildman–Crippen LogP) is 3.31. The molecule has 4 N–H and O–H groups in total. The van der Waals surface area contributed by atoms with Crippen molar-refractivity contribution < 1.29 is 9.59 Å². The molecule has 1 unspecified atom stereocenters. The quantitative estimate of drug-likeness (QED) is 0.627. The molecule has 0 aliphatic carbocycles. The van der Waals surface area contributed by atoms with Crippen LogP contribution in [0.25, 0.3) is 11.3 Å². The molecular formula is C21H16Cl2N6O2. The zero-order valence-corrected chi connectivity index (χ0v) is 17.6. The van der Waals surface area contributed by atoms with Crippen LogP contribution in [-0.2, 0) is 6.54 Å². The largest absolute Gasteiger partial charge is 0.365 e. The summed E-state index contributed by atoms with van der Waals surface area (Å²) < 4.78 is 1.65. The predicted molar refractivity (Wildman–Crippen MR) is 115 cm³/mol. The highest BCUT2D eigenvalue weighted by atomic mass is 35.5. The van der Waals surface area contributed by atoms with Crippen molar-refractivity contribution in [3.63, 3.8) is 0 Å². The van der Waals surface area contributed by atoms with Gasteiger partial charge in [0, 0.05) is 22.2 Å². The molecule has 2 heterocycles. The second-order valence-electron chi connectivity index (χ2n) is 7.02. The molecule has 0 fully saturated rings. The zero-order chi connectivity index (χ0) is 22.3. The maximum atomic E-state index is 12.6. The highest BCUT2D eigenvalue weighted by Gasteiger charge is 2.38. The van der Waals surface area contributed by atoms with Crippen LogP contribution in [0, 0.1) is 11.3 Å². The van der Waals surface area contributed by atoms with Gasteiger partial charge in [-0.15, -0.1) is 0 Å². The topological polar surface area (TPSA) is 131 Å². The van der Waals surface area contributed by atoms with E-state index in [0.29, 0.717) is 44.7 Å². The number of urea groups is 1. The molecule has 3 aromatic rings. The lowest BCUT2D eigenvalue weighted by molar-refractivity contribution is 0.0995. The summed E-state index contributed by atoms with van der Waals surface area (Å²) in [6.45, 7) is 0.599. The fourth-order valence-electron chi connectivity index (χ4n) is 3.85. The van der Waals surface area contributed by atoms with E-state index in [1.807, 2.05) is 0 Å². The summed E-state index contributed by atoms with van der Waals surface area (Å²) in [5.74, 6) is -0.711. The molecule has 0 saturated carbocycles.